The molecule has 0 unspecified atom stereocenters. The maximum Gasteiger partial charge on any atom is 0.356 e. The Morgan fingerprint density at radius 3 is 2.85 bits per heavy atom. The molecule has 0 atom stereocenters. The molecule has 2 aromatic heterocycles. The average Bonchev–Trinajstić information content (AvgIpc) is 2.99. The van der Waals surface area contributed by atoms with Gasteiger partial charge in [-0.25, -0.2) is 19.6 Å². The number of carbonyl (C=O) groups is 2. The van der Waals surface area contributed by atoms with E-state index >= 15 is 0 Å². The third kappa shape index (κ3) is 4.03. The van der Waals surface area contributed by atoms with Crippen LogP contribution >= 0.6 is 27.3 Å². The Morgan fingerprint density at radius 2 is 2.25 bits per heavy atom. The molecule has 0 aliphatic rings. The van der Waals surface area contributed by atoms with E-state index in [9.17, 15) is 9.59 Å². The van der Waals surface area contributed by atoms with E-state index in [2.05, 4.69) is 36.5 Å². The van der Waals surface area contributed by atoms with Crippen molar-refractivity contribution in [1.29, 1.82) is 0 Å². The van der Waals surface area contributed by atoms with Crippen molar-refractivity contribution in [1.82, 2.24) is 19.9 Å². The molecule has 0 saturated heterocycles. The molecule has 2 amide bonds. The van der Waals surface area contributed by atoms with Crippen LogP contribution in [0.2, 0.25) is 0 Å². The molecule has 0 aromatic carbocycles. The van der Waals surface area contributed by atoms with Crippen LogP contribution in [0.1, 0.15) is 10.5 Å². The van der Waals surface area contributed by atoms with Gasteiger partial charge in [-0.2, -0.15) is 0 Å². The van der Waals surface area contributed by atoms with Crippen LogP contribution in [0.15, 0.2) is 22.5 Å². The van der Waals surface area contributed by atoms with Crippen molar-refractivity contribution in [3.05, 3.63) is 28.2 Å². The van der Waals surface area contributed by atoms with Gasteiger partial charge in [-0.3, -0.25) is 5.32 Å². The minimum Gasteiger partial charge on any atom is -0.476 e. The second-order valence-electron chi connectivity index (χ2n) is 3.65. The number of hydrogen-bond acceptors (Lipinski definition) is 5. The number of thiazole rings is 1. The lowest BCUT2D eigenvalue weighted by Crippen LogP contribution is -2.31. The molecule has 2 heterocycles. The Balaban J connectivity index is 1.74. The molecule has 0 spiro atoms. The van der Waals surface area contributed by atoms with E-state index < -0.39 is 5.97 Å². The summed E-state index contributed by atoms with van der Waals surface area (Å²) in [4.78, 5) is 29.8. The van der Waals surface area contributed by atoms with Crippen LogP contribution in [0.3, 0.4) is 0 Å². The number of anilines is 1. The molecular weight excluding hydrogens is 350 g/mol. The maximum atomic E-state index is 11.5. The number of halogens is 1. The van der Waals surface area contributed by atoms with Gasteiger partial charge in [0.05, 0.1) is 16.3 Å². The summed E-state index contributed by atoms with van der Waals surface area (Å²) in [5, 5.41) is 14.4. The number of amides is 2. The van der Waals surface area contributed by atoms with E-state index in [1.54, 1.807) is 10.8 Å². The molecule has 20 heavy (non-hydrogen) atoms. The number of urea groups is 1. The minimum atomic E-state index is -1.08. The summed E-state index contributed by atoms with van der Waals surface area (Å²) >= 11 is 4.55. The Labute approximate surface area is 126 Å². The van der Waals surface area contributed by atoms with Crippen LogP contribution in [0, 0.1) is 0 Å². The lowest BCUT2D eigenvalue weighted by atomic mass is 10.5. The Hall–Kier alpha value is -1.94. The molecule has 10 heteroatoms. The summed E-state index contributed by atoms with van der Waals surface area (Å²) in [7, 11) is 0. The van der Waals surface area contributed by atoms with Gasteiger partial charge in [-0.05, 0) is 15.9 Å². The highest BCUT2D eigenvalue weighted by Gasteiger charge is 2.07. The normalized spacial score (nSPS) is 10.2. The molecular formula is C10H10BrN5O3S. The number of nitrogens with one attached hydrogen (secondary N) is 2. The van der Waals surface area contributed by atoms with Crippen LogP contribution in [0.25, 0.3) is 0 Å². The van der Waals surface area contributed by atoms with Crippen molar-refractivity contribution in [2.24, 2.45) is 0 Å². The average molecular weight is 360 g/mol. The SMILES string of the molecule is O=C(NCCn1cnc(C(=O)O)c1)Nc1ncc(Br)s1. The Bertz CT molecular complexity index is 626. The van der Waals surface area contributed by atoms with Gasteiger partial charge >= 0.3 is 12.0 Å². The molecule has 2 rings (SSSR count). The monoisotopic (exact) mass is 359 g/mol. The summed E-state index contributed by atoms with van der Waals surface area (Å²) in [6.45, 7) is 0.767. The number of nitrogens with zero attached hydrogens (tertiary/aromatic N) is 3. The van der Waals surface area contributed by atoms with Crippen molar-refractivity contribution in [2.75, 3.05) is 11.9 Å². The molecule has 0 fully saturated rings. The van der Waals surface area contributed by atoms with Gasteiger partial charge in [0.25, 0.3) is 0 Å². The third-order valence-corrected chi connectivity index (χ3v) is 3.60. The van der Waals surface area contributed by atoms with Crippen molar-refractivity contribution in [3.63, 3.8) is 0 Å². The number of imidazole rings is 1. The van der Waals surface area contributed by atoms with E-state index in [1.807, 2.05) is 0 Å². The number of aromatic carboxylic acids is 1. The first-order valence-corrected chi connectivity index (χ1v) is 7.07. The van der Waals surface area contributed by atoms with Gasteiger partial charge in [-0.1, -0.05) is 11.3 Å². The number of carboxylic acids is 1. The van der Waals surface area contributed by atoms with Crippen molar-refractivity contribution in [2.45, 2.75) is 6.54 Å². The topological polar surface area (TPSA) is 109 Å². The van der Waals surface area contributed by atoms with Crippen LogP contribution in [0.5, 0.6) is 0 Å². The fourth-order valence-electron chi connectivity index (χ4n) is 1.34. The Kier molecular flexibility index (Phi) is 4.69. The van der Waals surface area contributed by atoms with Gasteiger partial charge in [0.1, 0.15) is 0 Å². The van der Waals surface area contributed by atoms with Gasteiger partial charge < -0.3 is 15.0 Å². The van der Waals surface area contributed by atoms with Gasteiger partial charge in [0.15, 0.2) is 10.8 Å². The third-order valence-electron chi connectivity index (χ3n) is 2.21. The van der Waals surface area contributed by atoms with E-state index in [0.29, 0.717) is 18.2 Å². The number of carbonyl (C=O) groups excluding carboxylic acids is 1. The smallest absolute Gasteiger partial charge is 0.356 e. The molecule has 0 aliphatic heterocycles. The number of aromatic nitrogens is 3. The number of carboxylic acid groups (broad SMARTS) is 1. The predicted octanol–water partition coefficient (Wildman–Crippen LogP) is 1.62. The minimum absolute atomic E-state index is 0.0258. The molecule has 0 radical (unpaired) electrons. The van der Waals surface area contributed by atoms with E-state index in [4.69, 9.17) is 5.11 Å². The fourth-order valence-corrected chi connectivity index (χ4v) is 2.45. The zero-order chi connectivity index (χ0) is 14.5. The van der Waals surface area contributed by atoms with Crippen molar-refractivity contribution < 1.29 is 14.7 Å². The van der Waals surface area contributed by atoms with Gasteiger partial charge in [0.2, 0.25) is 0 Å². The first-order valence-electron chi connectivity index (χ1n) is 5.46. The highest BCUT2D eigenvalue weighted by molar-refractivity contribution is 9.11. The largest absolute Gasteiger partial charge is 0.476 e. The summed E-state index contributed by atoms with van der Waals surface area (Å²) < 4.78 is 2.41. The first-order chi connectivity index (χ1) is 9.54. The summed E-state index contributed by atoms with van der Waals surface area (Å²) in [6.07, 6.45) is 4.40. The number of rotatable bonds is 5. The first kappa shape index (κ1) is 14.5. The van der Waals surface area contributed by atoms with Gasteiger partial charge in [0, 0.05) is 19.3 Å². The summed E-state index contributed by atoms with van der Waals surface area (Å²) in [5.74, 6) is -1.08. The molecule has 8 nitrogen and oxygen atoms in total. The molecule has 0 saturated carbocycles. The quantitative estimate of drug-likeness (QED) is 0.751. The Morgan fingerprint density at radius 1 is 1.45 bits per heavy atom. The highest BCUT2D eigenvalue weighted by Crippen LogP contribution is 2.22. The predicted molar refractivity (Wildman–Crippen MR) is 76.0 cm³/mol. The maximum absolute atomic E-state index is 11.5. The van der Waals surface area contributed by atoms with E-state index in [-0.39, 0.29) is 11.7 Å². The zero-order valence-electron chi connectivity index (χ0n) is 10.0. The zero-order valence-corrected chi connectivity index (χ0v) is 12.4. The molecule has 3 N–H and O–H groups in total. The van der Waals surface area contributed by atoms with E-state index in [1.165, 1.54) is 23.9 Å². The van der Waals surface area contributed by atoms with Crippen LogP contribution in [-0.2, 0) is 6.54 Å². The fraction of sp³-hybridized carbons (Fsp3) is 0.200. The van der Waals surface area contributed by atoms with Crippen LogP contribution < -0.4 is 10.6 Å². The lowest BCUT2D eigenvalue weighted by Gasteiger charge is -2.05. The van der Waals surface area contributed by atoms with Crippen LogP contribution in [0.4, 0.5) is 9.93 Å². The standard InChI is InChI=1S/C10H10BrN5O3S/c11-7-3-13-10(20-7)15-9(19)12-1-2-16-4-6(8(17)18)14-5-16/h3-5H,1-2H2,(H,17,18)(H2,12,13,15,19). The second-order valence-corrected chi connectivity index (χ2v) is 6.06. The summed E-state index contributed by atoms with van der Waals surface area (Å²) in [6, 6.07) is -0.370. The van der Waals surface area contributed by atoms with E-state index in [0.717, 1.165) is 3.79 Å². The summed E-state index contributed by atoms with van der Waals surface area (Å²) in [5.41, 5.74) is -0.0258. The van der Waals surface area contributed by atoms with Crippen LogP contribution in [-0.4, -0.2) is 38.2 Å². The molecule has 0 aliphatic carbocycles. The van der Waals surface area contributed by atoms with Crippen molar-refractivity contribution >= 4 is 44.4 Å². The molecule has 106 valence electrons. The molecule has 0 bridgehead atoms. The second kappa shape index (κ2) is 6.48. The molecule has 2 aromatic rings. The highest BCUT2D eigenvalue weighted by atomic mass is 79.9. The number of hydrogen-bond donors (Lipinski definition) is 3. The lowest BCUT2D eigenvalue weighted by molar-refractivity contribution is 0.0691. The van der Waals surface area contributed by atoms with Gasteiger partial charge in [-0.15, -0.1) is 0 Å². The van der Waals surface area contributed by atoms with Crippen molar-refractivity contribution in [3.8, 4) is 0 Å².